The lowest BCUT2D eigenvalue weighted by molar-refractivity contribution is 0.168. The molecule has 2 aliphatic rings. The summed E-state index contributed by atoms with van der Waals surface area (Å²) in [5.74, 6) is 1.83. The Bertz CT molecular complexity index is 211. The molecule has 100 valence electrons. The van der Waals surface area contributed by atoms with Gasteiger partial charge in [-0.25, -0.2) is 0 Å². The van der Waals surface area contributed by atoms with Crippen molar-refractivity contribution in [2.75, 3.05) is 26.2 Å². The molecule has 1 aliphatic carbocycles. The molecule has 0 radical (unpaired) electrons. The van der Waals surface area contributed by atoms with Gasteiger partial charge in [0.2, 0.25) is 0 Å². The van der Waals surface area contributed by atoms with Crippen LogP contribution in [0.5, 0.6) is 0 Å². The van der Waals surface area contributed by atoms with Gasteiger partial charge in [0.05, 0.1) is 0 Å². The fourth-order valence-corrected chi connectivity index (χ4v) is 3.81. The first kappa shape index (κ1) is 13.4. The Balaban J connectivity index is 1.78. The average Bonchev–Trinajstić information content (AvgIpc) is 2.95. The summed E-state index contributed by atoms with van der Waals surface area (Å²) in [5, 5.41) is 3.48. The van der Waals surface area contributed by atoms with Crippen molar-refractivity contribution in [3.05, 3.63) is 0 Å². The standard InChI is InChI=1S/C15H30N2/c1-3-16-11-13(2)12-17-10-6-9-15(17)14-7-4-5-8-14/h13-16H,3-12H2,1-2H3. The molecule has 0 amide bonds. The van der Waals surface area contributed by atoms with E-state index in [0.717, 1.165) is 24.4 Å². The summed E-state index contributed by atoms with van der Waals surface area (Å²) in [6, 6.07) is 0.932. The minimum Gasteiger partial charge on any atom is -0.317 e. The molecule has 1 aliphatic heterocycles. The lowest BCUT2D eigenvalue weighted by atomic mass is 9.95. The molecular formula is C15H30N2. The quantitative estimate of drug-likeness (QED) is 0.765. The molecule has 1 heterocycles. The van der Waals surface area contributed by atoms with E-state index in [1.165, 1.54) is 58.2 Å². The summed E-state index contributed by atoms with van der Waals surface area (Å²) >= 11 is 0. The number of rotatable bonds is 6. The van der Waals surface area contributed by atoms with Gasteiger partial charge in [-0.2, -0.15) is 0 Å². The third-order valence-corrected chi connectivity index (χ3v) is 4.65. The second kappa shape index (κ2) is 6.75. The SMILES string of the molecule is CCNCC(C)CN1CCCC1C1CCCC1. The molecule has 0 aromatic carbocycles. The van der Waals surface area contributed by atoms with Crippen LogP contribution in [0.15, 0.2) is 0 Å². The molecule has 2 fully saturated rings. The highest BCUT2D eigenvalue weighted by molar-refractivity contribution is 4.88. The average molecular weight is 238 g/mol. The summed E-state index contributed by atoms with van der Waals surface area (Å²) in [6.07, 6.45) is 8.89. The predicted molar refractivity (Wildman–Crippen MR) is 74.3 cm³/mol. The van der Waals surface area contributed by atoms with Crippen LogP contribution in [-0.4, -0.2) is 37.1 Å². The lowest BCUT2D eigenvalue weighted by Gasteiger charge is -2.31. The molecule has 1 N–H and O–H groups in total. The van der Waals surface area contributed by atoms with Crippen LogP contribution in [0, 0.1) is 11.8 Å². The van der Waals surface area contributed by atoms with Crippen LogP contribution in [-0.2, 0) is 0 Å². The van der Waals surface area contributed by atoms with E-state index < -0.39 is 0 Å². The Morgan fingerprint density at radius 1 is 1.18 bits per heavy atom. The summed E-state index contributed by atoms with van der Waals surface area (Å²) in [4.78, 5) is 2.80. The number of nitrogens with one attached hydrogen (secondary N) is 1. The van der Waals surface area contributed by atoms with Crippen LogP contribution in [0.2, 0.25) is 0 Å². The third kappa shape index (κ3) is 3.69. The number of hydrogen-bond acceptors (Lipinski definition) is 2. The number of nitrogens with zero attached hydrogens (tertiary/aromatic N) is 1. The van der Waals surface area contributed by atoms with Crippen molar-refractivity contribution >= 4 is 0 Å². The van der Waals surface area contributed by atoms with Gasteiger partial charge in [-0.15, -0.1) is 0 Å². The maximum absolute atomic E-state index is 3.48. The smallest absolute Gasteiger partial charge is 0.0124 e. The fourth-order valence-electron chi connectivity index (χ4n) is 3.81. The molecule has 2 unspecified atom stereocenters. The Labute approximate surface area is 107 Å². The zero-order valence-corrected chi connectivity index (χ0v) is 11.8. The van der Waals surface area contributed by atoms with Crippen molar-refractivity contribution in [2.24, 2.45) is 11.8 Å². The van der Waals surface area contributed by atoms with Crippen LogP contribution in [0.4, 0.5) is 0 Å². The van der Waals surface area contributed by atoms with E-state index in [4.69, 9.17) is 0 Å². The third-order valence-electron chi connectivity index (χ3n) is 4.65. The molecule has 1 saturated carbocycles. The molecule has 2 nitrogen and oxygen atoms in total. The monoisotopic (exact) mass is 238 g/mol. The van der Waals surface area contributed by atoms with Gasteiger partial charge in [0.25, 0.3) is 0 Å². The van der Waals surface area contributed by atoms with Gasteiger partial charge in [-0.1, -0.05) is 26.7 Å². The number of hydrogen-bond donors (Lipinski definition) is 1. The summed E-state index contributed by atoms with van der Waals surface area (Å²) in [5.41, 5.74) is 0. The molecule has 0 spiro atoms. The molecule has 0 bridgehead atoms. The van der Waals surface area contributed by atoms with Gasteiger partial charge in [0.15, 0.2) is 0 Å². The second-order valence-electron chi connectivity index (χ2n) is 6.16. The summed E-state index contributed by atoms with van der Waals surface area (Å²) in [7, 11) is 0. The highest BCUT2D eigenvalue weighted by atomic mass is 15.2. The first-order chi connectivity index (χ1) is 8.31. The van der Waals surface area contributed by atoms with Gasteiger partial charge < -0.3 is 5.32 Å². The van der Waals surface area contributed by atoms with E-state index >= 15 is 0 Å². The van der Waals surface area contributed by atoms with Gasteiger partial charge in [-0.3, -0.25) is 4.90 Å². The molecule has 0 aromatic heterocycles. The van der Waals surface area contributed by atoms with E-state index in [2.05, 4.69) is 24.1 Å². The minimum absolute atomic E-state index is 0.803. The molecule has 17 heavy (non-hydrogen) atoms. The Kier molecular flexibility index (Phi) is 5.30. The van der Waals surface area contributed by atoms with Crippen molar-refractivity contribution < 1.29 is 0 Å². The van der Waals surface area contributed by atoms with Gasteiger partial charge in [-0.05, 0) is 57.2 Å². The zero-order chi connectivity index (χ0) is 12.1. The largest absolute Gasteiger partial charge is 0.317 e. The van der Waals surface area contributed by atoms with Gasteiger partial charge in [0.1, 0.15) is 0 Å². The minimum atomic E-state index is 0.803. The van der Waals surface area contributed by atoms with Crippen molar-refractivity contribution in [1.29, 1.82) is 0 Å². The highest BCUT2D eigenvalue weighted by Crippen LogP contribution is 2.35. The summed E-state index contributed by atoms with van der Waals surface area (Å²) < 4.78 is 0. The van der Waals surface area contributed by atoms with E-state index in [0.29, 0.717) is 0 Å². The van der Waals surface area contributed by atoms with Crippen molar-refractivity contribution in [2.45, 2.75) is 58.4 Å². The maximum atomic E-state index is 3.48. The lowest BCUT2D eigenvalue weighted by Crippen LogP contribution is -2.39. The highest BCUT2D eigenvalue weighted by Gasteiger charge is 2.33. The van der Waals surface area contributed by atoms with Crippen molar-refractivity contribution in [3.63, 3.8) is 0 Å². The van der Waals surface area contributed by atoms with Crippen LogP contribution in [0.25, 0.3) is 0 Å². The van der Waals surface area contributed by atoms with Gasteiger partial charge in [0, 0.05) is 12.6 Å². The molecular weight excluding hydrogens is 208 g/mol. The fraction of sp³-hybridized carbons (Fsp3) is 1.00. The molecule has 2 atom stereocenters. The van der Waals surface area contributed by atoms with E-state index in [1.807, 2.05) is 0 Å². The predicted octanol–water partition coefficient (Wildman–Crippen LogP) is 2.89. The van der Waals surface area contributed by atoms with Crippen LogP contribution in [0.3, 0.4) is 0 Å². The normalized spacial score (nSPS) is 28.9. The van der Waals surface area contributed by atoms with Gasteiger partial charge >= 0.3 is 0 Å². The van der Waals surface area contributed by atoms with E-state index in [9.17, 15) is 0 Å². The Morgan fingerprint density at radius 3 is 2.65 bits per heavy atom. The van der Waals surface area contributed by atoms with Crippen LogP contribution < -0.4 is 5.32 Å². The second-order valence-corrected chi connectivity index (χ2v) is 6.16. The number of likely N-dealkylation sites (tertiary alicyclic amines) is 1. The molecule has 0 aromatic rings. The topological polar surface area (TPSA) is 15.3 Å². The first-order valence-corrected chi connectivity index (χ1v) is 7.76. The first-order valence-electron chi connectivity index (χ1n) is 7.76. The molecule has 2 rings (SSSR count). The maximum Gasteiger partial charge on any atom is 0.0124 e. The Morgan fingerprint density at radius 2 is 1.94 bits per heavy atom. The Hall–Kier alpha value is -0.0800. The molecule has 1 saturated heterocycles. The molecule has 2 heteroatoms. The van der Waals surface area contributed by atoms with Crippen LogP contribution >= 0.6 is 0 Å². The van der Waals surface area contributed by atoms with Crippen molar-refractivity contribution in [3.8, 4) is 0 Å². The summed E-state index contributed by atoms with van der Waals surface area (Å²) in [6.45, 7) is 9.56. The van der Waals surface area contributed by atoms with Crippen molar-refractivity contribution in [1.82, 2.24) is 10.2 Å². The zero-order valence-electron chi connectivity index (χ0n) is 11.8. The van der Waals surface area contributed by atoms with E-state index in [1.54, 1.807) is 0 Å². The van der Waals surface area contributed by atoms with Crippen LogP contribution in [0.1, 0.15) is 52.4 Å². The van der Waals surface area contributed by atoms with E-state index in [-0.39, 0.29) is 0 Å².